The van der Waals surface area contributed by atoms with Crippen LogP contribution in [0.15, 0.2) is 48.5 Å². The number of likely N-dealkylation sites (tertiary alicyclic amines) is 1. The highest BCUT2D eigenvalue weighted by atomic mass is 16.5. The van der Waals surface area contributed by atoms with Gasteiger partial charge in [0.25, 0.3) is 0 Å². The van der Waals surface area contributed by atoms with Gasteiger partial charge in [0.05, 0.1) is 5.92 Å². The highest BCUT2D eigenvalue weighted by molar-refractivity contribution is 5.81. The summed E-state index contributed by atoms with van der Waals surface area (Å²) >= 11 is 0. The number of rotatable bonds is 8. The monoisotopic (exact) mass is 464 g/mol. The molecule has 7 heteroatoms. The number of benzene rings is 2. The Morgan fingerprint density at radius 1 is 1.06 bits per heavy atom. The maximum atomic E-state index is 12.7. The Kier molecular flexibility index (Phi) is 7.20. The summed E-state index contributed by atoms with van der Waals surface area (Å²) < 4.78 is 5.54. The normalized spacial score (nSPS) is 19.9. The number of alkyl carbamates (subject to hydrolysis) is 1. The number of fused-ring (bicyclic) bond motifs is 3. The number of carbonyl (C=O) groups excluding carboxylic acids is 2. The van der Waals surface area contributed by atoms with Gasteiger partial charge in [0.15, 0.2) is 0 Å². The third-order valence-electron chi connectivity index (χ3n) is 7.09. The molecule has 2 aromatic rings. The molecular formula is C27H32N2O5. The lowest BCUT2D eigenvalue weighted by Gasteiger charge is -2.21. The molecule has 7 nitrogen and oxygen atoms in total. The summed E-state index contributed by atoms with van der Waals surface area (Å²) in [4.78, 5) is 37.9. The number of carbonyl (C=O) groups is 3. The van der Waals surface area contributed by atoms with Crippen molar-refractivity contribution in [3.05, 3.63) is 59.7 Å². The van der Waals surface area contributed by atoms with Gasteiger partial charge in [0, 0.05) is 31.5 Å². The van der Waals surface area contributed by atoms with Crippen LogP contribution in [0.2, 0.25) is 0 Å². The van der Waals surface area contributed by atoms with Gasteiger partial charge in [-0.05, 0) is 41.0 Å². The average molecular weight is 465 g/mol. The maximum Gasteiger partial charge on any atom is 0.407 e. The zero-order valence-corrected chi connectivity index (χ0v) is 19.7. The quantitative estimate of drug-likeness (QED) is 0.573. The molecule has 34 heavy (non-hydrogen) atoms. The summed E-state index contributed by atoms with van der Waals surface area (Å²) in [7, 11) is 0. The summed E-state index contributed by atoms with van der Waals surface area (Å²) in [6, 6.07) is 16.4. The first-order valence-corrected chi connectivity index (χ1v) is 12.0. The van der Waals surface area contributed by atoms with Gasteiger partial charge in [-0.1, -0.05) is 62.4 Å². The molecule has 0 aromatic heterocycles. The minimum atomic E-state index is -0.845. The number of nitrogens with zero attached hydrogens (tertiary/aromatic N) is 1. The van der Waals surface area contributed by atoms with E-state index >= 15 is 0 Å². The maximum absolute atomic E-state index is 12.7. The molecule has 2 aliphatic rings. The summed E-state index contributed by atoms with van der Waals surface area (Å²) in [6.07, 6.45) is 0.798. The van der Waals surface area contributed by atoms with Gasteiger partial charge in [-0.25, -0.2) is 4.79 Å². The number of carboxylic acid groups (broad SMARTS) is 1. The first-order valence-electron chi connectivity index (χ1n) is 12.0. The van der Waals surface area contributed by atoms with Crippen LogP contribution in [0.25, 0.3) is 11.1 Å². The lowest BCUT2D eigenvalue weighted by atomic mass is 9.98. The van der Waals surface area contributed by atoms with Gasteiger partial charge in [0.2, 0.25) is 5.91 Å². The first-order chi connectivity index (χ1) is 16.4. The van der Waals surface area contributed by atoms with Crippen LogP contribution in [-0.2, 0) is 14.3 Å². The minimum Gasteiger partial charge on any atom is -0.481 e. The van der Waals surface area contributed by atoms with Crippen molar-refractivity contribution in [2.75, 3.05) is 26.2 Å². The number of amides is 2. The second kappa shape index (κ2) is 10.3. The van der Waals surface area contributed by atoms with Crippen LogP contribution in [0.1, 0.15) is 43.7 Å². The van der Waals surface area contributed by atoms with E-state index < -0.39 is 18.0 Å². The Hall–Kier alpha value is -3.35. The van der Waals surface area contributed by atoms with E-state index in [-0.39, 0.29) is 36.8 Å². The Balaban J connectivity index is 1.20. The minimum absolute atomic E-state index is 0.0169. The lowest BCUT2D eigenvalue weighted by molar-refractivity contribution is -0.142. The molecule has 2 N–H and O–H groups in total. The molecule has 1 aliphatic heterocycles. The zero-order chi connectivity index (χ0) is 24.2. The van der Waals surface area contributed by atoms with Gasteiger partial charge < -0.3 is 20.1 Å². The van der Waals surface area contributed by atoms with Crippen LogP contribution in [0, 0.1) is 17.8 Å². The van der Waals surface area contributed by atoms with E-state index in [9.17, 15) is 19.5 Å². The first kappa shape index (κ1) is 23.8. The second-order valence-electron chi connectivity index (χ2n) is 9.46. The van der Waals surface area contributed by atoms with Crippen LogP contribution in [0.3, 0.4) is 0 Å². The van der Waals surface area contributed by atoms with Crippen molar-refractivity contribution >= 4 is 18.0 Å². The number of hydrogen-bond acceptors (Lipinski definition) is 4. The van der Waals surface area contributed by atoms with Gasteiger partial charge in [-0.3, -0.25) is 9.59 Å². The standard InChI is InChI=1S/C27H32N2O5/c1-17(25(30)29-14-18(2)23(15-29)26(31)32)8-7-13-28-27(33)34-16-24-21-11-5-3-9-19(21)20-10-4-6-12-22(20)24/h3-6,9-12,17-18,23-24H,7-8,13-16H2,1-2H3,(H,28,33)(H,31,32). The Bertz CT molecular complexity index is 1020. The third kappa shape index (κ3) is 4.93. The van der Waals surface area contributed by atoms with Crippen LogP contribution >= 0.6 is 0 Å². The molecule has 3 atom stereocenters. The highest BCUT2D eigenvalue weighted by Crippen LogP contribution is 2.44. The number of ether oxygens (including phenoxy) is 1. The van der Waals surface area contributed by atoms with E-state index in [4.69, 9.17) is 4.74 Å². The van der Waals surface area contributed by atoms with E-state index in [0.717, 1.165) is 0 Å². The van der Waals surface area contributed by atoms with Crippen molar-refractivity contribution in [1.29, 1.82) is 0 Å². The molecule has 1 heterocycles. The van der Waals surface area contributed by atoms with E-state index in [1.165, 1.54) is 22.3 Å². The molecule has 0 bridgehead atoms. The summed E-state index contributed by atoms with van der Waals surface area (Å²) in [5.74, 6) is -1.59. The van der Waals surface area contributed by atoms with E-state index in [0.29, 0.717) is 25.9 Å². The molecule has 1 fully saturated rings. The fourth-order valence-corrected chi connectivity index (χ4v) is 5.15. The molecule has 1 aliphatic carbocycles. The Morgan fingerprint density at radius 2 is 1.68 bits per heavy atom. The van der Waals surface area contributed by atoms with Crippen molar-refractivity contribution in [2.24, 2.45) is 17.8 Å². The third-order valence-corrected chi connectivity index (χ3v) is 7.09. The topological polar surface area (TPSA) is 95.9 Å². The predicted molar refractivity (Wildman–Crippen MR) is 128 cm³/mol. The molecule has 180 valence electrons. The van der Waals surface area contributed by atoms with Crippen LogP contribution in [0.4, 0.5) is 4.79 Å². The van der Waals surface area contributed by atoms with Gasteiger partial charge in [0.1, 0.15) is 6.61 Å². The summed E-state index contributed by atoms with van der Waals surface area (Å²) in [6.45, 7) is 5.17. The number of aliphatic carboxylic acids is 1. The number of hydrogen-bond donors (Lipinski definition) is 2. The fourth-order valence-electron chi connectivity index (χ4n) is 5.15. The molecule has 2 amide bonds. The van der Waals surface area contributed by atoms with Crippen LogP contribution in [-0.4, -0.2) is 54.2 Å². The van der Waals surface area contributed by atoms with Crippen LogP contribution in [0.5, 0.6) is 0 Å². The lowest BCUT2D eigenvalue weighted by Crippen LogP contribution is -2.34. The number of nitrogens with one attached hydrogen (secondary N) is 1. The van der Waals surface area contributed by atoms with Crippen molar-refractivity contribution in [2.45, 2.75) is 32.6 Å². The molecule has 0 radical (unpaired) electrons. The highest BCUT2D eigenvalue weighted by Gasteiger charge is 2.38. The Labute approximate surface area is 200 Å². The second-order valence-corrected chi connectivity index (χ2v) is 9.46. The Morgan fingerprint density at radius 3 is 2.26 bits per heavy atom. The molecule has 0 spiro atoms. The van der Waals surface area contributed by atoms with Crippen LogP contribution < -0.4 is 5.32 Å². The van der Waals surface area contributed by atoms with Crippen molar-refractivity contribution in [1.82, 2.24) is 10.2 Å². The van der Waals surface area contributed by atoms with E-state index in [2.05, 4.69) is 29.6 Å². The number of carboxylic acids is 1. The van der Waals surface area contributed by atoms with Crippen molar-refractivity contribution in [3.63, 3.8) is 0 Å². The fraction of sp³-hybridized carbons (Fsp3) is 0.444. The SMILES string of the molecule is CC(CCCNC(=O)OCC1c2ccccc2-c2ccccc21)C(=O)N1CC(C)C(C(=O)O)C1. The summed E-state index contributed by atoms with van der Waals surface area (Å²) in [5, 5.41) is 12.1. The van der Waals surface area contributed by atoms with Gasteiger partial charge >= 0.3 is 12.1 Å². The summed E-state index contributed by atoms with van der Waals surface area (Å²) in [5.41, 5.74) is 4.72. The predicted octanol–water partition coefficient (Wildman–Crippen LogP) is 4.12. The largest absolute Gasteiger partial charge is 0.481 e. The molecule has 0 saturated carbocycles. The van der Waals surface area contributed by atoms with E-state index in [1.54, 1.807) is 4.90 Å². The molecule has 1 saturated heterocycles. The molecule has 4 rings (SSSR count). The van der Waals surface area contributed by atoms with Gasteiger partial charge in [-0.2, -0.15) is 0 Å². The van der Waals surface area contributed by atoms with Crippen molar-refractivity contribution in [3.8, 4) is 11.1 Å². The van der Waals surface area contributed by atoms with E-state index in [1.807, 2.05) is 38.1 Å². The zero-order valence-electron chi connectivity index (χ0n) is 19.7. The average Bonchev–Trinajstić information content (AvgIpc) is 3.38. The molecule has 2 aromatic carbocycles. The van der Waals surface area contributed by atoms with Crippen molar-refractivity contribution < 1.29 is 24.2 Å². The smallest absolute Gasteiger partial charge is 0.407 e. The molecule has 3 unspecified atom stereocenters. The van der Waals surface area contributed by atoms with Gasteiger partial charge in [-0.15, -0.1) is 0 Å². The molecular weight excluding hydrogens is 432 g/mol.